The first-order valence-electron chi connectivity index (χ1n) is 1.81. The zero-order valence-corrected chi connectivity index (χ0v) is 6.90. The third-order valence-corrected chi connectivity index (χ3v) is 2.52. The van der Waals surface area contributed by atoms with Crippen molar-refractivity contribution in [2.45, 2.75) is 0 Å². The number of hydrogen-bond donors (Lipinski definition) is 1. The molecule has 0 bridgehead atoms. The molecule has 0 unspecified atom stereocenters. The van der Waals surface area contributed by atoms with Gasteiger partial charge in [0.15, 0.2) is 0 Å². The molecule has 0 aromatic heterocycles. The number of halogens is 2. The lowest BCUT2D eigenvalue weighted by Crippen LogP contribution is -2.02. The first-order valence-corrected chi connectivity index (χ1v) is 3.40. The van der Waals surface area contributed by atoms with Crippen molar-refractivity contribution in [1.82, 2.24) is 0 Å². The fraction of sp³-hybridized carbons (Fsp3) is 0. The van der Waals surface area contributed by atoms with Crippen molar-refractivity contribution in [2.75, 3.05) is 0 Å². The maximum Gasteiger partial charge on any atom is 0.209 e. The third kappa shape index (κ3) is 0.985. The second kappa shape index (κ2) is 2.24. The van der Waals surface area contributed by atoms with E-state index in [1.54, 1.807) is 0 Å². The Labute approximate surface area is 63.3 Å². The zero-order chi connectivity index (χ0) is 6.15. The molecule has 0 aromatic carbocycles. The summed E-state index contributed by atoms with van der Waals surface area (Å²) in [6.45, 7) is 0. The van der Waals surface area contributed by atoms with Crippen molar-refractivity contribution >= 4 is 31.9 Å². The highest BCUT2D eigenvalue weighted by Gasteiger charge is 2.16. The summed E-state index contributed by atoms with van der Waals surface area (Å²) in [5.41, 5.74) is 5.29. The molecule has 0 atom stereocenters. The van der Waals surface area contributed by atoms with Gasteiger partial charge in [-0.3, -0.25) is 5.73 Å². The monoisotopic (exact) mass is 238 g/mol. The number of azo groups is 1. The van der Waals surface area contributed by atoms with Crippen LogP contribution < -0.4 is 5.73 Å². The van der Waals surface area contributed by atoms with Crippen LogP contribution in [0.5, 0.6) is 0 Å². The van der Waals surface area contributed by atoms with Gasteiger partial charge in [-0.1, -0.05) is 0 Å². The lowest BCUT2D eigenvalue weighted by Gasteiger charge is -1.90. The van der Waals surface area contributed by atoms with Crippen LogP contribution in [0.1, 0.15) is 0 Å². The van der Waals surface area contributed by atoms with Crippen molar-refractivity contribution in [3.63, 3.8) is 0 Å². The van der Waals surface area contributed by atoms with Crippen molar-refractivity contribution < 1.29 is 0 Å². The maximum absolute atomic E-state index is 5.29. The molecule has 1 radical (unpaired) electrons. The summed E-state index contributed by atoms with van der Waals surface area (Å²) in [6.07, 6.45) is 0.414. The molecular weight excluding hydrogens is 238 g/mol. The van der Waals surface area contributed by atoms with Crippen molar-refractivity contribution in [3.05, 3.63) is 15.3 Å². The first kappa shape index (κ1) is 6.38. The van der Waals surface area contributed by atoms with E-state index in [4.69, 9.17) is 5.73 Å². The van der Waals surface area contributed by atoms with Crippen molar-refractivity contribution in [3.8, 4) is 0 Å². The molecule has 2 N–H and O–H groups in total. The van der Waals surface area contributed by atoms with Crippen LogP contribution in [-0.4, -0.2) is 0 Å². The normalized spacial score (nSPS) is 20.9. The Morgan fingerprint density at radius 3 is 2.00 bits per heavy atom. The minimum Gasteiger partial charge on any atom is -0.298 e. The van der Waals surface area contributed by atoms with Crippen LogP contribution in [0.2, 0.25) is 0 Å². The average molecular weight is 240 g/mol. The summed E-state index contributed by atoms with van der Waals surface area (Å²) in [4.78, 5) is 0. The van der Waals surface area contributed by atoms with Crippen LogP contribution in [-0.2, 0) is 0 Å². The summed E-state index contributed by atoms with van der Waals surface area (Å²) in [7, 11) is 0. The van der Waals surface area contributed by atoms with E-state index in [1.807, 2.05) is 0 Å². The SMILES string of the molecule is N[C]1N=NC(Br)=C1Br. The largest absolute Gasteiger partial charge is 0.298 e. The van der Waals surface area contributed by atoms with Crippen LogP contribution in [0.25, 0.3) is 0 Å². The smallest absolute Gasteiger partial charge is 0.209 e. The van der Waals surface area contributed by atoms with Gasteiger partial charge in [0, 0.05) is 0 Å². The van der Waals surface area contributed by atoms with Gasteiger partial charge in [0.05, 0.1) is 4.48 Å². The van der Waals surface area contributed by atoms with E-state index in [9.17, 15) is 0 Å². The molecule has 0 amide bonds. The van der Waals surface area contributed by atoms with Gasteiger partial charge in [0.25, 0.3) is 0 Å². The molecule has 1 aliphatic rings. The Balaban J connectivity index is 2.85. The molecule has 0 fully saturated rings. The number of hydrogen-bond acceptors (Lipinski definition) is 3. The Bertz CT molecular complexity index is 162. The maximum atomic E-state index is 5.29. The second-order valence-electron chi connectivity index (χ2n) is 1.19. The summed E-state index contributed by atoms with van der Waals surface area (Å²) < 4.78 is 1.37. The van der Waals surface area contributed by atoms with E-state index in [0.717, 1.165) is 4.48 Å². The number of nitrogens with zero attached hydrogens (tertiary/aromatic N) is 2. The van der Waals surface area contributed by atoms with Gasteiger partial charge in [-0.05, 0) is 31.9 Å². The first-order chi connectivity index (χ1) is 3.72. The van der Waals surface area contributed by atoms with E-state index < -0.39 is 0 Å². The Morgan fingerprint density at radius 1 is 1.25 bits per heavy atom. The van der Waals surface area contributed by atoms with Crippen LogP contribution in [0.3, 0.4) is 0 Å². The topological polar surface area (TPSA) is 50.7 Å². The minimum atomic E-state index is 0.414. The average Bonchev–Trinajstić information content (AvgIpc) is 1.98. The molecule has 0 saturated carbocycles. The van der Waals surface area contributed by atoms with E-state index >= 15 is 0 Å². The van der Waals surface area contributed by atoms with Gasteiger partial charge < -0.3 is 0 Å². The summed E-state index contributed by atoms with van der Waals surface area (Å²) in [5, 5.41) is 7.16. The highest BCUT2D eigenvalue weighted by Crippen LogP contribution is 2.31. The molecule has 1 rings (SSSR count). The summed E-state index contributed by atoms with van der Waals surface area (Å²) in [5.74, 6) is 0. The van der Waals surface area contributed by atoms with Crippen LogP contribution in [0, 0.1) is 6.17 Å². The van der Waals surface area contributed by atoms with Gasteiger partial charge in [-0.15, -0.1) is 5.11 Å². The molecule has 0 aliphatic carbocycles. The van der Waals surface area contributed by atoms with Crippen LogP contribution in [0.4, 0.5) is 0 Å². The van der Waals surface area contributed by atoms with Gasteiger partial charge in [0.1, 0.15) is 4.61 Å². The quantitative estimate of drug-likeness (QED) is 0.645. The fourth-order valence-corrected chi connectivity index (χ4v) is 0.732. The fourth-order valence-electron chi connectivity index (χ4n) is 0.291. The Morgan fingerprint density at radius 2 is 1.88 bits per heavy atom. The van der Waals surface area contributed by atoms with Gasteiger partial charge in [0.2, 0.25) is 6.17 Å². The summed E-state index contributed by atoms with van der Waals surface area (Å²) in [6, 6.07) is 0. The molecule has 5 heteroatoms. The van der Waals surface area contributed by atoms with E-state index in [0.29, 0.717) is 10.8 Å². The van der Waals surface area contributed by atoms with Crippen LogP contribution in [0.15, 0.2) is 19.3 Å². The van der Waals surface area contributed by atoms with E-state index in [-0.39, 0.29) is 0 Å². The number of nitrogens with two attached hydrogens (primary N) is 1. The molecule has 3 nitrogen and oxygen atoms in total. The predicted molar refractivity (Wildman–Crippen MR) is 37.2 cm³/mol. The van der Waals surface area contributed by atoms with Gasteiger partial charge in [-0.25, -0.2) is 0 Å². The highest BCUT2D eigenvalue weighted by atomic mass is 79.9. The molecule has 0 aromatic rings. The zero-order valence-electron chi connectivity index (χ0n) is 3.73. The molecule has 43 valence electrons. The second-order valence-corrected chi connectivity index (χ2v) is 2.73. The van der Waals surface area contributed by atoms with E-state index in [2.05, 4.69) is 42.1 Å². The molecule has 0 spiro atoms. The van der Waals surface area contributed by atoms with Crippen molar-refractivity contribution in [1.29, 1.82) is 0 Å². The molecule has 1 aliphatic heterocycles. The number of rotatable bonds is 0. The molecular formula is C3H2Br2N3. The highest BCUT2D eigenvalue weighted by molar-refractivity contribution is 9.14. The third-order valence-electron chi connectivity index (χ3n) is 0.652. The molecule has 1 heterocycles. The van der Waals surface area contributed by atoms with Crippen molar-refractivity contribution in [2.24, 2.45) is 16.0 Å². The molecule has 8 heavy (non-hydrogen) atoms. The lowest BCUT2D eigenvalue weighted by atomic mass is 10.5. The lowest BCUT2D eigenvalue weighted by molar-refractivity contribution is 1.03. The van der Waals surface area contributed by atoms with Gasteiger partial charge in [-0.2, -0.15) is 5.11 Å². The standard InChI is InChI=1S/C3H2Br2N3/c4-1-2(5)7-8-3(1)6/h6H2. The minimum absolute atomic E-state index is 0.414. The predicted octanol–water partition coefficient (Wildman–Crippen LogP) is 1.86. The Hall–Kier alpha value is 0.260. The van der Waals surface area contributed by atoms with Crippen LogP contribution >= 0.6 is 31.9 Å². The Kier molecular flexibility index (Phi) is 1.79. The van der Waals surface area contributed by atoms with Gasteiger partial charge >= 0.3 is 0 Å². The summed E-state index contributed by atoms with van der Waals surface area (Å²) >= 11 is 6.27. The molecule has 0 saturated heterocycles. The van der Waals surface area contributed by atoms with E-state index in [1.165, 1.54) is 0 Å².